The van der Waals surface area contributed by atoms with E-state index in [2.05, 4.69) is 10.3 Å². The summed E-state index contributed by atoms with van der Waals surface area (Å²) in [6, 6.07) is -3.14. The zero-order valence-electron chi connectivity index (χ0n) is 21.8. The fourth-order valence-corrected chi connectivity index (χ4v) is 5.18. The number of rotatable bonds is 8. The van der Waals surface area contributed by atoms with Crippen molar-refractivity contribution in [3.8, 4) is 0 Å². The largest absolute Gasteiger partial charge is 0.466 e. The van der Waals surface area contributed by atoms with Gasteiger partial charge < -0.3 is 73.4 Å². The molecule has 15 N–H and O–H groups in total. The number of amides is 1. The van der Waals surface area contributed by atoms with Gasteiger partial charge in [0.15, 0.2) is 17.9 Å². The lowest BCUT2D eigenvalue weighted by Gasteiger charge is -2.47. The summed E-state index contributed by atoms with van der Waals surface area (Å²) in [6.07, 6.45) is -5.15. The maximum atomic E-state index is 12.8. The summed E-state index contributed by atoms with van der Waals surface area (Å²) in [7, 11) is 0. The molecule has 39 heavy (non-hydrogen) atoms. The van der Waals surface area contributed by atoms with Gasteiger partial charge in [0.25, 0.3) is 5.91 Å². The zero-order chi connectivity index (χ0) is 28.7. The second kappa shape index (κ2) is 11.4. The van der Waals surface area contributed by atoms with Gasteiger partial charge in [-0.25, -0.2) is 4.99 Å². The van der Waals surface area contributed by atoms with E-state index in [4.69, 9.17) is 47.6 Å². The van der Waals surface area contributed by atoms with Crippen LogP contribution in [-0.4, -0.2) is 118 Å². The first-order valence-corrected chi connectivity index (χ1v) is 12.9. The molecule has 0 spiro atoms. The number of aliphatic hydroxyl groups excluding tert-OH is 2. The summed E-state index contributed by atoms with van der Waals surface area (Å²) in [5.41, 5.74) is 26.0. The molecule has 0 aromatic heterocycles. The van der Waals surface area contributed by atoms with E-state index in [9.17, 15) is 25.2 Å². The first kappa shape index (κ1) is 29.9. The summed E-state index contributed by atoms with van der Waals surface area (Å²) in [4.78, 5) is 16.9. The molecule has 3 fully saturated rings. The van der Waals surface area contributed by atoms with Crippen molar-refractivity contribution in [2.45, 2.75) is 105 Å². The van der Waals surface area contributed by atoms with Crippen molar-refractivity contribution in [3.63, 3.8) is 0 Å². The van der Waals surface area contributed by atoms with Gasteiger partial charge >= 0.3 is 0 Å². The highest BCUT2D eigenvalue weighted by molar-refractivity contribution is 5.89. The minimum Gasteiger partial charge on any atom is -0.466 e. The zero-order valence-corrected chi connectivity index (χ0v) is 21.8. The Morgan fingerprint density at radius 1 is 1.18 bits per heavy atom. The maximum Gasteiger partial charge on any atom is 0.253 e. The molecule has 2 heterocycles. The maximum absolute atomic E-state index is 12.8. The van der Waals surface area contributed by atoms with Gasteiger partial charge in [0.1, 0.15) is 36.2 Å². The van der Waals surface area contributed by atoms with Gasteiger partial charge in [-0.1, -0.05) is 0 Å². The Morgan fingerprint density at radius 2 is 1.85 bits per heavy atom. The average Bonchev–Trinajstić information content (AvgIpc) is 3.47. The molecule has 4 aliphatic rings. The Bertz CT molecular complexity index is 964. The van der Waals surface area contributed by atoms with E-state index in [1.54, 1.807) is 6.08 Å². The topological polar surface area (TPSA) is 289 Å². The van der Waals surface area contributed by atoms with Gasteiger partial charge in [0.05, 0.1) is 24.8 Å². The van der Waals surface area contributed by atoms with E-state index < -0.39 is 78.3 Å². The van der Waals surface area contributed by atoms with Gasteiger partial charge in [0, 0.05) is 24.9 Å². The van der Waals surface area contributed by atoms with E-state index in [1.165, 1.54) is 6.92 Å². The lowest BCUT2D eigenvalue weighted by molar-refractivity contribution is -0.297. The van der Waals surface area contributed by atoms with Crippen molar-refractivity contribution >= 4 is 11.9 Å². The number of nitrogens with two attached hydrogens (primary N) is 5. The minimum atomic E-state index is -1.74. The predicted molar refractivity (Wildman–Crippen MR) is 135 cm³/mol. The van der Waals surface area contributed by atoms with E-state index in [0.29, 0.717) is 12.2 Å². The van der Waals surface area contributed by atoms with Gasteiger partial charge in [-0.2, -0.15) is 0 Å². The molecule has 0 aromatic carbocycles. The fourth-order valence-electron chi connectivity index (χ4n) is 5.18. The summed E-state index contributed by atoms with van der Waals surface area (Å²) in [5, 5.41) is 45.3. The highest BCUT2D eigenvalue weighted by Crippen LogP contribution is 2.36. The second-order valence-corrected chi connectivity index (χ2v) is 11.1. The third-order valence-electron chi connectivity index (χ3n) is 7.50. The van der Waals surface area contributed by atoms with E-state index in [1.807, 2.05) is 0 Å². The summed E-state index contributed by atoms with van der Waals surface area (Å²) in [6.45, 7) is 1.47. The Kier molecular flexibility index (Phi) is 8.73. The fraction of sp³-hybridized carbons (Fsp3) is 0.826. The van der Waals surface area contributed by atoms with Gasteiger partial charge in [-0.15, -0.1) is 0 Å². The van der Waals surface area contributed by atoms with Crippen LogP contribution in [0.5, 0.6) is 0 Å². The molecule has 2 saturated carbocycles. The van der Waals surface area contributed by atoms with Crippen molar-refractivity contribution in [2.75, 3.05) is 13.2 Å². The number of aliphatic imine (C=N–C) groups is 1. The molecule has 4 rings (SSSR count). The highest BCUT2D eigenvalue weighted by atomic mass is 16.7. The number of nitrogens with zero attached hydrogens (tertiary/aromatic N) is 1. The molecule has 2 aliphatic heterocycles. The van der Waals surface area contributed by atoms with Crippen LogP contribution in [0.2, 0.25) is 0 Å². The van der Waals surface area contributed by atoms with Crippen LogP contribution in [0.3, 0.4) is 0 Å². The number of guanidine groups is 1. The van der Waals surface area contributed by atoms with Crippen LogP contribution in [0.15, 0.2) is 16.8 Å². The van der Waals surface area contributed by atoms with Crippen molar-refractivity contribution in [1.29, 1.82) is 0 Å². The SMILES string of the molecule is C[C@]1(O)CO[C@H](O[C@H]2[C@H](NC(=O)C3(O)CC3N)C[C@H](N)C(O[C@H]3OC(CN)=CC[C@H]3N=C(N)N)[C@@H]2O)[C@H](O)C1. The number of nitrogens with one attached hydrogen (secondary N) is 1. The van der Waals surface area contributed by atoms with Crippen LogP contribution in [0.25, 0.3) is 0 Å². The average molecular weight is 560 g/mol. The van der Waals surface area contributed by atoms with Crippen LogP contribution < -0.4 is 34.0 Å². The number of carbonyl (C=O) groups is 1. The molecule has 0 bridgehead atoms. The van der Waals surface area contributed by atoms with Crippen LogP contribution >= 0.6 is 0 Å². The van der Waals surface area contributed by atoms with Crippen molar-refractivity contribution < 1.29 is 44.2 Å². The number of hydrogen-bond donors (Lipinski definition) is 10. The van der Waals surface area contributed by atoms with Crippen molar-refractivity contribution in [2.24, 2.45) is 33.7 Å². The Labute approximate surface area is 225 Å². The molecule has 2 aliphatic carbocycles. The molecule has 0 aromatic rings. The molecule has 1 amide bonds. The molecule has 1 saturated heterocycles. The number of aliphatic hydroxyl groups is 4. The van der Waals surface area contributed by atoms with Gasteiger partial charge in [0.2, 0.25) is 6.29 Å². The van der Waals surface area contributed by atoms with Crippen molar-refractivity contribution in [3.05, 3.63) is 11.8 Å². The molecule has 0 radical (unpaired) electrons. The van der Waals surface area contributed by atoms with Gasteiger partial charge in [-0.3, -0.25) is 4.79 Å². The normalized spacial score (nSPS) is 46.0. The Morgan fingerprint density at radius 3 is 2.44 bits per heavy atom. The van der Waals surface area contributed by atoms with Crippen LogP contribution in [0.1, 0.15) is 32.6 Å². The molecule has 16 nitrogen and oxygen atoms in total. The van der Waals surface area contributed by atoms with Gasteiger partial charge in [-0.05, 0) is 25.8 Å². The summed E-state index contributed by atoms with van der Waals surface area (Å²) < 4.78 is 23.4. The lowest BCUT2D eigenvalue weighted by atomic mass is 9.83. The van der Waals surface area contributed by atoms with E-state index in [0.717, 1.165) is 0 Å². The summed E-state index contributed by atoms with van der Waals surface area (Å²) in [5.74, 6) is -0.477. The second-order valence-electron chi connectivity index (χ2n) is 11.1. The van der Waals surface area contributed by atoms with E-state index in [-0.39, 0.29) is 38.4 Å². The first-order chi connectivity index (χ1) is 18.2. The third kappa shape index (κ3) is 6.62. The number of ether oxygens (including phenoxy) is 4. The van der Waals surface area contributed by atoms with Crippen molar-refractivity contribution in [1.82, 2.24) is 5.32 Å². The highest BCUT2D eigenvalue weighted by Gasteiger charge is 2.59. The number of carbonyl (C=O) groups excluding carboxylic acids is 1. The third-order valence-corrected chi connectivity index (χ3v) is 7.50. The lowest BCUT2D eigenvalue weighted by Crippen LogP contribution is -2.67. The number of hydrogen-bond acceptors (Lipinski definition) is 13. The minimum absolute atomic E-state index is 0.0449. The molecule has 16 heteroatoms. The Hall–Kier alpha value is -2.12. The Balaban J connectivity index is 1.55. The quantitative estimate of drug-likeness (QED) is 0.0983. The molecular formula is C23H41N7O9. The molecule has 222 valence electrons. The van der Waals surface area contributed by atoms with Crippen LogP contribution in [0.4, 0.5) is 0 Å². The predicted octanol–water partition coefficient (Wildman–Crippen LogP) is -5.12. The van der Waals surface area contributed by atoms with Crippen LogP contribution in [-0.2, 0) is 23.7 Å². The first-order valence-electron chi connectivity index (χ1n) is 12.9. The molecular weight excluding hydrogens is 518 g/mol. The molecule has 3 unspecified atom stereocenters. The standard InChI is InChI=1S/C23H41N7O9/c1-22(34)5-13(31)19(36-8-22)39-17-12(29-20(33)23(35)6-14(23)26)4-10(25)16(15(17)32)38-18-11(30-21(27)28)3-2-9(7-24)37-18/h2,10-19,31-32,34-35H,3-8,24-26H2,1H3,(H,29,33)(H4,27,28,30)/t10-,11+,12+,13+,14?,15-,16?,17-,18+,19+,22+,23?/m0/s1. The summed E-state index contributed by atoms with van der Waals surface area (Å²) >= 11 is 0. The monoisotopic (exact) mass is 559 g/mol. The van der Waals surface area contributed by atoms with E-state index >= 15 is 0 Å². The molecule has 12 atom stereocenters. The smallest absolute Gasteiger partial charge is 0.253 e. The van der Waals surface area contributed by atoms with Crippen LogP contribution in [0, 0.1) is 0 Å².